The summed E-state index contributed by atoms with van der Waals surface area (Å²) in [5.41, 5.74) is 81.5. The predicted molar refractivity (Wildman–Crippen MR) is 522 cm³/mol. The van der Waals surface area contributed by atoms with Crippen molar-refractivity contribution in [1.29, 1.82) is 0 Å². The second-order valence-electron chi connectivity index (χ2n) is 34.8. The zero-order valence-corrected chi connectivity index (χ0v) is 82.7. The zero-order valence-electron chi connectivity index (χ0n) is 82.7. The van der Waals surface area contributed by atoms with Crippen LogP contribution in [0.1, 0.15) is 195 Å². The number of primary amides is 1. The number of nitrogens with two attached hydrogens (primary N) is 14. The Hall–Kier alpha value is -12.9. The molecule has 0 spiro atoms. The zero-order chi connectivity index (χ0) is 110. The minimum absolute atomic E-state index is 0.0204. The SMILES string of the molecule is C[C@H](N)C(=O)N[C@@H](CCCCNC(=O)C(N)CCCNC(=O)C(N)CCCNC(=O)C(N)CCCNC(=O)C(N)CCCNC(=O)C(N)CCCNC(=O)C(N)CCCNC(=O)C(N)CCCNC(=O)C(N)CCCNC(=O)C(N)CCCNC(=O)CN)C(=O)N[C@@H](CC(=O)O)C(=O)N[C@@H](CC(N)=O)C(=O)N[C@@H](C)C(=O)N[C@H](C(=O)N[C@@H](CCCN=C(N)N)C(=O)N[C@@H](CC(=O)O)C(=O)N[C@H](C(=O)O)[C@@H](C)O)[C@@H](C)O. The Kier molecular flexibility index (Phi) is 67.5. The average Bonchev–Trinajstić information content (AvgIpc) is 0.837. The van der Waals surface area contributed by atoms with E-state index in [1.807, 2.05) is 5.32 Å². The number of carbonyl (C=O) groups is 22. The summed E-state index contributed by atoms with van der Waals surface area (Å²) in [5.74, 6) is -21.0. The van der Waals surface area contributed by atoms with Gasteiger partial charge in [0, 0.05) is 72.0 Å². The molecule has 19 amide bonds. The van der Waals surface area contributed by atoms with Gasteiger partial charge in [-0.1, -0.05) is 0 Å². The molecule has 0 aliphatic carbocycles. The van der Waals surface area contributed by atoms with Gasteiger partial charge in [0.1, 0.15) is 42.3 Å². The van der Waals surface area contributed by atoms with Crippen LogP contribution < -0.4 is 176 Å². The van der Waals surface area contributed by atoms with E-state index in [1.54, 1.807) is 0 Å². The lowest BCUT2D eigenvalue weighted by molar-refractivity contribution is -0.146. The smallest absolute Gasteiger partial charge is 0.328 e. The first-order valence-electron chi connectivity index (χ1n) is 48.0. The number of aliphatic hydroxyl groups is 2. The van der Waals surface area contributed by atoms with Crippen LogP contribution in [0, 0.1) is 0 Å². The molecule has 0 fully saturated rings. The van der Waals surface area contributed by atoms with E-state index in [4.69, 9.17) is 80.3 Å². The quantitative estimate of drug-likeness (QED) is 0.0153. The largest absolute Gasteiger partial charge is 0.481 e. The number of unbranched alkanes of at least 4 members (excludes halogenated alkanes) is 1. The third-order valence-electron chi connectivity index (χ3n) is 21.9. The number of hydrogen-bond donors (Lipinski definition) is 37. The number of hydrogen-bond acceptors (Lipinski definition) is 36. The molecule has 0 saturated carbocycles. The Morgan fingerprint density at radius 2 is 0.497 bits per heavy atom. The molecule has 0 aromatic heterocycles. The molecule has 0 aromatic rings. The van der Waals surface area contributed by atoms with Gasteiger partial charge < -0.3 is 202 Å². The van der Waals surface area contributed by atoms with Crippen LogP contribution in [0.25, 0.3) is 0 Å². The van der Waals surface area contributed by atoms with Gasteiger partial charge in [0.2, 0.25) is 112 Å². The first-order valence-corrected chi connectivity index (χ1v) is 48.0. The van der Waals surface area contributed by atoms with Crippen LogP contribution in [-0.4, -0.2) is 361 Å². The Bertz CT molecular complexity index is 4190. The van der Waals surface area contributed by atoms with Crippen LogP contribution >= 0.6 is 0 Å². The molecule has 9 unspecified atom stereocenters. The molecule has 0 saturated heterocycles. The van der Waals surface area contributed by atoms with Crippen LogP contribution in [0.5, 0.6) is 0 Å². The number of rotatable bonds is 80. The summed E-state index contributed by atoms with van der Waals surface area (Å²) < 4.78 is 0. The van der Waals surface area contributed by atoms with Crippen LogP contribution in [0.15, 0.2) is 4.99 Å². The number of aliphatic carboxylic acids is 3. The average molecular weight is 2080 g/mol. The molecule has 60 nitrogen and oxygen atoms in total. The van der Waals surface area contributed by atoms with Gasteiger partial charge in [-0.25, -0.2) is 4.79 Å². The van der Waals surface area contributed by atoms with Crippen molar-refractivity contribution in [2.75, 3.05) is 78.5 Å². The highest BCUT2D eigenvalue weighted by molar-refractivity contribution is 6.01. The van der Waals surface area contributed by atoms with E-state index in [1.165, 1.54) is 6.92 Å². The summed E-state index contributed by atoms with van der Waals surface area (Å²) in [6, 6.07) is -24.4. The van der Waals surface area contributed by atoms with Crippen molar-refractivity contribution in [3.05, 3.63) is 0 Å². The summed E-state index contributed by atoms with van der Waals surface area (Å²) in [4.78, 5) is 285. The van der Waals surface area contributed by atoms with Crippen molar-refractivity contribution < 1.29 is 131 Å². The molecule has 145 heavy (non-hydrogen) atoms. The fourth-order valence-electron chi connectivity index (χ4n) is 13.2. The van der Waals surface area contributed by atoms with Gasteiger partial charge in [-0.2, -0.15) is 0 Å². The normalized spacial score (nSPS) is 15.2. The topological polar surface area (TPSA) is 1070 Å². The van der Waals surface area contributed by atoms with Crippen molar-refractivity contribution in [3.63, 3.8) is 0 Å². The molecule has 0 bridgehead atoms. The van der Waals surface area contributed by atoms with Crippen molar-refractivity contribution >= 4 is 136 Å². The van der Waals surface area contributed by atoms with Gasteiger partial charge in [0.25, 0.3) is 0 Å². The van der Waals surface area contributed by atoms with E-state index in [2.05, 4.69) is 95.4 Å². The molecule has 0 aliphatic rings. The molecule has 60 heteroatoms. The van der Waals surface area contributed by atoms with E-state index in [9.17, 15) is 131 Å². The monoisotopic (exact) mass is 2070 g/mol. The maximum atomic E-state index is 13.9. The molecule has 0 radical (unpaired) electrons. The Labute approximate surface area is 838 Å². The number of nitrogens with one attached hydrogen (secondary N) is 18. The number of aliphatic hydroxyl groups excluding tert-OH is 2. The lowest BCUT2D eigenvalue weighted by Crippen LogP contribution is -2.62. The van der Waals surface area contributed by atoms with Crippen LogP contribution in [0.2, 0.25) is 0 Å². The number of carbonyl (C=O) groups excluding carboxylic acids is 19. The highest BCUT2D eigenvalue weighted by atomic mass is 16.4. The lowest BCUT2D eigenvalue weighted by atomic mass is 10.1. The summed E-state index contributed by atoms with van der Waals surface area (Å²) >= 11 is 0. The van der Waals surface area contributed by atoms with E-state index >= 15 is 0 Å². The van der Waals surface area contributed by atoms with Gasteiger partial charge in [0.05, 0.1) is 98.4 Å². The standard InChI is InChI=1S/C85H159N33O27/c1-43(87)67(127)112-56(78(138)115-59(40-63(123)124)81(141)114-58(39-61(97)121)80(140)111-44(2)68(128)117-65(45(3)119)83(143)113-57(27-16-38-110-85(98)99)79(139)116-60(41-64(125)126)82(142)118-66(46(4)120)84(144)145)26-5-6-28-101-69(129)48(89)18-8-30-103-71(131)50(91)20-10-32-105-73(133)52(93)22-12-34-107-75(135)54(95)24-14-36-109-77(137)55(96)25-15-37-108-76(136)53(94)23-13-35-106-74(134)51(92)21-11-33-104-72(132)49(90)19-9-31-102-70(130)47(88)17-7-29-100-62(122)42-86/h43-60,65-66,119-120H,5-42,86-96H2,1-4H3,(H2,97,121)(H,100,122)(H,101,129)(H,102,130)(H,103,131)(H,104,132)(H,105,133)(H,106,134)(H,107,135)(H,108,136)(H,109,137)(H,111,140)(H,112,127)(H,113,143)(H,114,141)(H,115,138)(H,116,139)(H,117,128)(H,118,142)(H,123,124)(H,125,126)(H,144,145)(H4,98,99,110)/t43-,44-,45+,46+,47?,48?,49?,50?,51?,52?,53?,54?,55?,56-,57-,58-,59-,60-,65-,66-/m0/s1. The number of amides is 19. The third kappa shape index (κ3) is 59.8. The molecule has 826 valence electrons. The summed E-state index contributed by atoms with van der Waals surface area (Å²) in [6.45, 7) is 5.78. The van der Waals surface area contributed by atoms with Crippen molar-refractivity contribution in [3.8, 4) is 0 Å². The van der Waals surface area contributed by atoms with Gasteiger partial charge in [-0.3, -0.25) is 106 Å². The van der Waals surface area contributed by atoms with Crippen molar-refractivity contribution in [1.82, 2.24) is 95.7 Å². The highest BCUT2D eigenvalue weighted by Crippen LogP contribution is 2.12. The molecule has 51 N–H and O–H groups in total. The fraction of sp³-hybridized carbons (Fsp3) is 0.729. The first-order chi connectivity index (χ1) is 68.1. The predicted octanol–water partition coefficient (Wildman–Crippen LogP) is -16.8. The molecule has 0 aliphatic heterocycles. The number of aliphatic imine (C=N–C) groups is 1. The number of carboxylic acid groups (broad SMARTS) is 3. The minimum atomic E-state index is -2.06. The summed E-state index contributed by atoms with van der Waals surface area (Å²) in [7, 11) is 0. The molecule has 0 aromatic carbocycles. The van der Waals surface area contributed by atoms with Crippen molar-refractivity contribution in [2.45, 2.75) is 316 Å². The Morgan fingerprint density at radius 3 is 0.759 bits per heavy atom. The lowest BCUT2D eigenvalue weighted by Gasteiger charge is -2.28. The first kappa shape index (κ1) is 132. The van der Waals surface area contributed by atoms with Gasteiger partial charge in [0.15, 0.2) is 12.0 Å². The van der Waals surface area contributed by atoms with Crippen LogP contribution in [-0.2, 0) is 105 Å². The minimum Gasteiger partial charge on any atom is -0.481 e. The second-order valence-corrected chi connectivity index (χ2v) is 34.8. The summed E-state index contributed by atoms with van der Waals surface area (Å²) in [6.07, 6.45) is -1.99. The van der Waals surface area contributed by atoms with Gasteiger partial charge in [-0.05, 0) is 175 Å². The number of carboxylic acids is 3. The maximum absolute atomic E-state index is 13.9. The van der Waals surface area contributed by atoms with E-state index in [0.29, 0.717) is 70.8 Å². The molecular weight excluding hydrogens is 1920 g/mol. The van der Waals surface area contributed by atoms with Crippen LogP contribution in [0.3, 0.4) is 0 Å². The molecule has 0 rings (SSSR count). The van der Waals surface area contributed by atoms with E-state index in [0.717, 1.165) is 20.8 Å². The van der Waals surface area contributed by atoms with Crippen molar-refractivity contribution in [2.24, 2.45) is 85.3 Å². The number of nitrogens with zero attached hydrogens (tertiary/aromatic N) is 1. The van der Waals surface area contributed by atoms with Gasteiger partial charge in [-0.15, -0.1) is 0 Å². The van der Waals surface area contributed by atoms with Gasteiger partial charge >= 0.3 is 17.9 Å². The van der Waals surface area contributed by atoms with E-state index < -0.39 is 259 Å². The fourth-order valence-corrected chi connectivity index (χ4v) is 13.2. The Morgan fingerprint density at radius 1 is 0.255 bits per heavy atom. The molecule has 20 atom stereocenters. The molecule has 0 heterocycles. The summed E-state index contributed by atoms with van der Waals surface area (Å²) in [5, 5.41) is 93.3. The second kappa shape index (κ2) is 74.0. The third-order valence-corrected chi connectivity index (χ3v) is 21.9. The van der Waals surface area contributed by atoms with E-state index in [-0.39, 0.29) is 173 Å². The maximum Gasteiger partial charge on any atom is 0.328 e. The van der Waals surface area contributed by atoms with Crippen LogP contribution in [0.4, 0.5) is 0 Å². The number of guanidine groups is 1. The Balaban J connectivity index is 5.00. The highest BCUT2D eigenvalue weighted by Gasteiger charge is 2.38. The molecular formula is C85H159N33O27.